The van der Waals surface area contributed by atoms with Crippen LogP contribution in [0, 0.1) is 24.5 Å². The minimum Gasteiger partial charge on any atom is -0.203 e. The van der Waals surface area contributed by atoms with Crippen molar-refractivity contribution in [3.05, 3.63) is 71.3 Å². The van der Waals surface area contributed by atoms with Crippen LogP contribution in [0.4, 0.5) is 17.6 Å². The summed E-state index contributed by atoms with van der Waals surface area (Å²) in [7, 11) is 0. The number of benzene rings is 2. The fourth-order valence-corrected chi connectivity index (χ4v) is 3.60. The summed E-state index contributed by atoms with van der Waals surface area (Å²) < 4.78 is 52.5. The lowest BCUT2D eigenvalue weighted by Crippen LogP contribution is -2.11. The van der Waals surface area contributed by atoms with Crippen LogP contribution in [0.2, 0.25) is 0 Å². The van der Waals surface area contributed by atoms with Gasteiger partial charge in [0.2, 0.25) is 0 Å². The average Bonchev–Trinajstić information content (AvgIpc) is 2.60. The van der Waals surface area contributed by atoms with Gasteiger partial charge in [0.05, 0.1) is 0 Å². The van der Waals surface area contributed by atoms with Crippen molar-refractivity contribution >= 4 is 0 Å². The van der Waals surface area contributed by atoms with E-state index in [4.69, 9.17) is 0 Å². The van der Waals surface area contributed by atoms with Crippen molar-refractivity contribution in [3.63, 3.8) is 0 Å². The number of rotatable bonds is 3. The van der Waals surface area contributed by atoms with Crippen LogP contribution in [0.5, 0.6) is 0 Å². The van der Waals surface area contributed by atoms with E-state index in [1.165, 1.54) is 6.92 Å². The smallest absolute Gasteiger partial charge is 0.203 e. The monoisotopic (exact) mass is 348 g/mol. The standard InChI is InChI=1S/C21H20F4/c1-13-2-11-18(21(25)20(13)24)17-9-7-16(8-10-17)15-5-3-14(4-6-15)12-19(22)23/h2,7-12,14-15H,3-6H2,1H3. The van der Waals surface area contributed by atoms with E-state index in [0.717, 1.165) is 37.3 Å². The Hall–Kier alpha value is -2.10. The maximum atomic E-state index is 14.1. The average molecular weight is 348 g/mol. The molecule has 2 aromatic rings. The van der Waals surface area contributed by atoms with E-state index in [0.29, 0.717) is 11.5 Å². The van der Waals surface area contributed by atoms with E-state index in [1.54, 1.807) is 24.3 Å². The second-order valence-electron chi connectivity index (χ2n) is 6.75. The summed E-state index contributed by atoms with van der Waals surface area (Å²) in [5.74, 6) is -1.34. The van der Waals surface area contributed by atoms with E-state index in [9.17, 15) is 17.6 Å². The maximum Gasteiger partial charge on any atom is 0.266 e. The predicted octanol–water partition coefficient (Wildman–Crippen LogP) is 6.99. The van der Waals surface area contributed by atoms with Crippen LogP contribution >= 0.6 is 0 Å². The van der Waals surface area contributed by atoms with Crippen molar-refractivity contribution in [2.75, 3.05) is 0 Å². The zero-order valence-corrected chi connectivity index (χ0v) is 14.0. The van der Waals surface area contributed by atoms with Gasteiger partial charge in [0.15, 0.2) is 11.6 Å². The second-order valence-corrected chi connectivity index (χ2v) is 6.75. The molecule has 3 rings (SSSR count). The molecule has 0 aliphatic heterocycles. The van der Waals surface area contributed by atoms with Crippen molar-refractivity contribution in [2.45, 2.75) is 38.5 Å². The molecule has 1 aliphatic carbocycles. The van der Waals surface area contributed by atoms with E-state index in [1.807, 2.05) is 12.1 Å². The number of hydrogen-bond donors (Lipinski definition) is 0. The summed E-state index contributed by atoms with van der Waals surface area (Å²) in [6, 6.07) is 10.6. The molecular weight excluding hydrogens is 328 g/mol. The van der Waals surface area contributed by atoms with Gasteiger partial charge >= 0.3 is 0 Å². The second kappa shape index (κ2) is 7.42. The van der Waals surface area contributed by atoms with Gasteiger partial charge < -0.3 is 0 Å². The molecule has 0 radical (unpaired) electrons. The summed E-state index contributed by atoms with van der Waals surface area (Å²) in [6.45, 7) is 1.53. The van der Waals surface area contributed by atoms with Gasteiger partial charge in [-0.2, -0.15) is 8.78 Å². The minimum absolute atomic E-state index is 0.0369. The molecule has 0 spiro atoms. The molecule has 1 saturated carbocycles. The van der Waals surface area contributed by atoms with Crippen LogP contribution < -0.4 is 0 Å². The number of allylic oxidation sites excluding steroid dienone is 1. The Kier molecular flexibility index (Phi) is 5.26. The Balaban J connectivity index is 1.74. The molecule has 0 nitrogen and oxygen atoms in total. The van der Waals surface area contributed by atoms with Gasteiger partial charge in [0.25, 0.3) is 6.08 Å². The van der Waals surface area contributed by atoms with E-state index < -0.39 is 17.7 Å². The Morgan fingerprint density at radius 2 is 1.52 bits per heavy atom. The van der Waals surface area contributed by atoms with E-state index in [-0.39, 0.29) is 17.0 Å². The normalized spacial score (nSPS) is 20.4. The van der Waals surface area contributed by atoms with Crippen molar-refractivity contribution in [1.82, 2.24) is 0 Å². The van der Waals surface area contributed by atoms with Gasteiger partial charge in [-0.15, -0.1) is 0 Å². The SMILES string of the molecule is Cc1ccc(-c2ccc(C3CCC(C=C(F)F)CC3)cc2)c(F)c1F. The molecular formula is C21H20F4. The Morgan fingerprint density at radius 3 is 2.12 bits per heavy atom. The molecule has 0 saturated heterocycles. The Labute approximate surface area is 145 Å². The van der Waals surface area contributed by atoms with Crippen LogP contribution in [0.15, 0.2) is 48.6 Å². The van der Waals surface area contributed by atoms with Crippen LogP contribution in [0.3, 0.4) is 0 Å². The van der Waals surface area contributed by atoms with Gasteiger partial charge in [-0.25, -0.2) is 8.78 Å². The Morgan fingerprint density at radius 1 is 0.880 bits per heavy atom. The fraction of sp³-hybridized carbons (Fsp3) is 0.333. The molecule has 0 bridgehead atoms. The highest BCUT2D eigenvalue weighted by molar-refractivity contribution is 5.65. The lowest BCUT2D eigenvalue weighted by atomic mass is 9.78. The summed E-state index contributed by atoms with van der Waals surface area (Å²) in [5.41, 5.74) is 2.30. The van der Waals surface area contributed by atoms with Crippen molar-refractivity contribution in [2.24, 2.45) is 5.92 Å². The molecule has 0 aromatic heterocycles. The highest BCUT2D eigenvalue weighted by Gasteiger charge is 2.22. The highest BCUT2D eigenvalue weighted by atomic mass is 19.3. The molecule has 132 valence electrons. The first-order chi connectivity index (χ1) is 12.0. The van der Waals surface area contributed by atoms with Gasteiger partial charge in [0.1, 0.15) is 0 Å². The van der Waals surface area contributed by atoms with Crippen molar-refractivity contribution in [3.8, 4) is 11.1 Å². The first kappa shape index (κ1) is 17.7. The van der Waals surface area contributed by atoms with E-state index in [2.05, 4.69) is 0 Å². The highest BCUT2D eigenvalue weighted by Crippen LogP contribution is 2.37. The third kappa shape index (κ3) is 3.94. The summed E-state index contributed by atoms with van der Waals surface area (Å²) in [5, 5.41) is 0. The first-order valence-corrected chi connectivity index (χ1v) is 8.53. The van der Waals surface area contributed by atoms with E-state index >= 15 is 0 Å². The Bertz CT molecular complexity index is 765. The van der Waals surface area contributed by atoms with Crippen molar-refractivity contribution < 1.29 is 17.6 Å². The zero-order chi connectivity index (χ0) is 18.0. The fourth-order valence-electron chi connectivity index (χ4n) is 3.60. The molecule has 4 heteroatoms. The summed E-state index contributed by atoms with van der Waals surface area (Å²) >= 11 is 0. The van der Waals surface area contributed by atoms with Gasteiger partial charge in [0, 0.05) is 5.56 Å². The van der Waals surface area contributed by atoms with Crippen molar-refractivity contribution in [1.29, 1.82) is 0 Å². The quantitative estimate of drug-likeness (QED) is 0.524. The van der Waals surface area contributed by atoms with Crippen LogP contribution in [-0.4, -0.2) is 0 Å². The number of hydrogen-bond acceptors (Lipinski definition) is 0. The van der Waals surface area contributed by atoms with Crippen LogP contribution in [0.25, 0.3) is 11.1 Å². The molecule has 1 fully saturated rings. The lowest BCUT2D eigenvalue weighted by Gasteiger charge is -2.27. The molecule has 0 N–H and O–H groups in total. The summed E-state index contributed by atoms with van der Waals surface area (Å²) in [6.07, 6.45) is 2.69. The molecule has 0 heterocycles. The number of halogens is 4. The van der Waals surface area contributed by atoms with Gasteiger partial charge in [-0.3, -0.25) is 0 Å². The molecule has 0 unspecified atom stereocenters. The minimum atomic E-state index is -1.60. The maximum absolute atomic E-state index is 14.1. The zero-order valence-electron chi connectivity index (χ0n) is 14.0. The third-order valence-electron chi connectivity index (χ3n) is 5.10. The van der Waals surface area contributed by atoms with Crippen LogP contribution in [-0.2, 0) is 0 Å². The molecule has 2 aromatic carbocycles. The molecule has 0 amide bonds. The lowest BCUT2D eigenvalue weighted by molar-refractivity contribution is 0.351. The number of aryl methyl sites for hydroxylation is 1. The topological polar surface area (TPSA) is 0 Å². The van der Waals surface area contributed by atoms with Crippen LogP contribution in [0.1, 0.15) is 42.7 Å². The predicted molar refractivity (Wildman–Crippen MR) is 91.5 cm³/mol. The molecule has 0 atom stereocenters. The third-order valence-corrected chi connectivity index (χ3v) is 5.10. The largest absolute Gasteiger partial charge is 0.266 e. The summed E-state index contributed by atoms with van der Waals surface area (Å²) in [4.78, 5) is 0. The molecule has 25 heavy (non-hydrogen) atoms. The molecule has 1 aliphatic rings. The van der Waals surface area contributed by atoms with Gasteiger partial charge in [-0.05, 0) is 67.2 Å². The first-order valence-electron chi connectivity index (χ1n) is 8.53. The van der Waals surface area contributed by atoms with Gasteiger partial charge in [-0.1, -0.05) is 36.4 Å².